The van der Waals surface area contributed by atoms with Crippen molar-refractivity contribution >= 4 is 27.5 Å². The molecule has 1 aromatic carbocycles. The first-order valence-electron chi connectivity index (χ1n) is 5.89. The molecule has 1 aromatic heterocycles. The fourth-order valence-corrected chi connectivity index (χ4v) is 2.31. The minimum atomic E-state index is -0.344. The van der Waals surface area contributed by atoms with Gasteiger partial charge in [-0.1, -0.05) is 6.58 Å². The van der Waals surface area contributed by atoms with Crippen molar-refractivity contribution in [2.75, 3.05) is 4.90 Å². The standard InChI is InChI=1S/C14H13BrFN3O/c1-3-14(20)19(11-6-4-10(16)5-7-11)9-12-8-13(15)17-18(12)2/h3-8H,1,9H2,2H3. The summed E-state index contributed by atoms with van der Waals surface area (Å²) in [6, 6.07) is 7.58. The molecular formula is C14H13BrFN3O. The molecule has 0 aliphatic rings. The van der Waals surface area contributed by atoms with E-state index >= 15 is 0 Å². The van der Waals surface area contributed by atoms with Gasteiger partial charge in [-0.05, 0) is 52.3 Å². The molecule has 4 nitrogen and oxygen atoms in total. The smallest absolute Gasteiger partial charge is 0.250 e. The SMILES string of the molecule is C=CC(=O)N(Cc1cc(Br)nn1C)c1ccc(F)cc1. The molecule has 0 N–H and O–H groups in total. The van der Waals surface area contributed by atoms with Gasteiger partial charge in [-0.2, -0.15) is 5.10 Å². The number of aryl methyl sites for hydroxylation is 1. The first-order valence-corrected chi connectivity index (χ1v) is 6.68. The van der Waals surface area contributed by atoms with Gasteiger partial charge in [0.15, 0.2) is 0 Å². The molecule has 1 heterocycles. The Kier molecular flexibility index (Phi) is 4.34. The van der Waals surface area contributed by atoms with Gasteiger partial charge in [0.2, 0.25) is 0 Å². The van der Waals surface area contributed by atoms with Crippen LogP contribution in [-0.4, -0.2) is 15.7 Å². The van der Waals surface area contributed by atoms with Crippen LogP contribution in [0.4, 0.5) is 10.1 Å². The van der Waals surface area contributed by atoms with Crippen LogP contribution in [0.15, 0.2) is 47.6 Å². The van der Waals surface area contributed by atoms with Crippen molar-refractivity contribution in [3.8, 4) is 0 Å². The van der Waals surface area contributed by atoms with Gasteiger partial charge in [0.25, 0.3) is 5.91 Å². The number of anilines is 1. The predicted octanol–water partition coefficient (Wildman–Crippen LogP) is 3.04. The van der Waals surface area contributed by atoms with Crippen molar-refractivity contribution in [1.29, 1.82) is 0 Å². The van der Waals surface area contributed by atoms with E-state index in [2.05, 4.69) is 27.6 Å². The molecule has 6 heteroatoms. The highest BCUT2D eigenvalue weighted by Crippen LogP contribution is 2.19. The largest absolute Gasteiger partial charge is 0.303 e. The van der Waals surface area contributed by atoms with Crippen LogP contribution >= 0.6 is 15.9 Å². The van der Waals surface area contributed by atoms with E-state index in [1.807, 2.05) is 6.07 Å². The second kappa shape index (κ2) is 6.00. The highest BCUT2D eigenvalue weighted by molar-refractivity contribution is 9.10. The summed E-state index contributed by atoms with van der Waals surface area (Å²) in [6.07, 6.45) is 1.23. The summed E-state index contributed by atoms with van der Waals surface area (Å²) < 4.78 is 15.4. The zero-order chi connectivity index (χ0) is 14.7. The number of rotatable bonds is 4. The van der Waals surface area contributed by atoms with E-state index in [0.717, 1.165) is 5.69 Å². The van der Waals surface area contributed by atoms with Crippen LogP contribution < -0.4 is 4.90 Å². The molecule has 0 saturated heterocycles. The highest BCUT2D eigenvalue weighted by atomic mass is 79.9. The second-order valence-corrected chi connectivity index (χ2v) is 5.00. The molecule has 0 aliphatic carbocycles. The molecule has 0 radical (unpaired) electrons. The van der Waals surface area contributed by atoms with Gasteiger partial charge in [0, 0.05) is 12.7 Å². The number of nitrogens with zero attached hydrogens (tertiary/aromatic N) is 3. The number of hydrogen-bond acceptors (Lipinski definition) is 2. The van der Waals surface area contributed by atoms with Crippen molar-refractivity contribution in [2.24, 2.45) is 7.05 Å². The van der Waals surface area contributed by atoms with Crippen LogP contribution in [0.2, 0.25) is 0 Å². The third-order valence-corrected chi connectivity index (χ3v) is 3.23. The lowest BCUT2D eigenvalue weighted by Gasteiger charge is -2.21. The van der Waals surface area contributed by atoms with Crippen LogP contribution in [0.25, 0.3) is 0 Å². The maximum absolute atomic E-state index is 13.0. The molecule has 0 unspecified atom stereocenters. The summed E-state index contributed by atoms with van der Waals surface area (Å²) in [5.41, 5.74) is 1.45. The van der Waals surface area contributed by atoms with E-state index in [0.29, 0.717) is 16.8 Å². The Bertz CT molecular complexity index is 636. The second-order valence-electron chi connectivity index (χ2n) is 4.19. The topological polar surface area (TPSA) is 38.1 Å². The number of halogens is 2. The molecule has 2 rings (SSSR count). The maximum Gasteiger partial charge on any atom is 0.250 e. The molecule has 2 aromatic rings. The molecule has 1 amide bonds. The Balaban J connectivity index is 2.33. The maximum atomic E-state index is 13.0. The average Bonchev–Trinajstić information content (AvgIpc) is 2.74. The van der Waals surface area contributed by atoms with Crippen LogP contribution in [0.5, 0.6) is 0 Å². The van der Waals surface area contributed by atoms with Crippen molar-refractivity contribution in [2.45, 2.75) is 6.54 Å². The number of carbonyl (C=O) groups excluding carboxylic acids is 1. The Hall–Kier alpha value is -1.95. The van der Waals surface area contributed by atoms with Crippen molar-refractivity contribution in [3.05, 3.63) is 59.1 Å². The van der Waals surface area contributed by atoms with Gasteiger partial charge in [-0.15, -0.1) is 0 Å². The third-order valence-electron chi connectivity index (χ3n) is 2.85. The quantitative estimate of drug-likeness (QED) is 0.804. The number of aromatic nitrogens is 2. The molecule has 20 heavy (non-hydrogen) atoms. The molecule has 0 atom stereocenters. The van der Waals surface area contributed by atoms with E-state index in [9.17, 15) is 9.18 Å². The molecule has 0 bridgehead atoms. The van der Waals surface area contributed by atoms with E-state index in [1.165, 1.54) is 23.1 Å². The van der Waals surface area contributed by atoms with Gasteiger partial charge in [-0.3, -0.25) is 9.48 Å². The third kappa shape index (κ3) is 3.14. The average molecular weight is 338 g/mol. The molecule has 104 valence electrons. The molecule has 0 fully saturated rings. The minimum Gasteiger partial charge on any atom is -0.303 e. The fraction of sp³-hybridized carbons (Fsp3) is 0.143. The van der Waals surface area contributed by atoms with Gasteiger partial charge in [-0.25, -0.2) is 4.39 Å². The Labute approximate surface area is 124 Å². The zero-order valence-corrected chi connectivity index (χ0v) is 12.5. The van der Waals surface area contributed by atoms with E-state index < -0.39 is 0 Å². The lowest BCUT2D eigenvalue weighted by molar-refractivity contribution is -0.114. The van der Waals surface area contributed by atoms with Crippen molar-refractivity contribution in [1.82, 2.24) is 9.78 Å². The Morgan fingerprint density at radius 3 is 2.65 bits per heavy atom. The molecular weight excluding hydrogens is 325 g/mol. The zero-order valence-electron chi connectivity index (χ0n) is 10.9. The molecule has 0 saturated carbocycles. The summed E-state index contributed by atoms with van der Waals surface area (Å²) in [6.45, 7) is 3.82. The summed E-state index contributed by atoms with van der Waals surface area (Å²) in [4.78, 5) is 13.5. The Morgan fingerprint density at radius 1 is 1.50 bits per heavy atom. The van der Waals surface area contributed by atoms with Crippen LogP contribution in [-0.2, 0) is 18.4 Å². The normalized spacial score (nSPS) is 10.3. The first kappa shape index (κ1) is 14.5. The number of hydrogen-bond donors (Lipinski definition) is 0. The van der Waals surface area contributed by atoms with Crippen LogP contribution in [0, 0.1) is 5.82 Å². The van der Waals surface area contributed by atoms with Gasteiger partial charge in [0.05, 0.1) is 12.2 Å². The van der Waals surface area contributed by atoms with Crippen LogP contribution in [0.3, 0.4) is 0 Å². The highest BCUT2D eigenvalue weighted by Gasteiger charge is 2.16. The van der Waals surface area contributed by atoms with Gasteiger partial charge in [0.1, 0.15) is 10.4 Å². The molecule has 0 aliphatic heterocycles. The molecule has 0 spiro atoms. The summed E-state index contributed by atoms with van der Waals surface area (Å²) >= 11 is 3.29. The van der Waals surface area contributed by atoms with E-state index in [-0.39, 0.29) is 11.7 Å². The van der Waals surface area contributed by atoms with Gasteiger partial charge < -0.3 is 4.90 Å². The lowest BCUT2D eigenvalue weighted by Crippen LogP contribution is -2.29. The van der Waals surface area contributed by atoms with E-state index in [1.54, 1.807) is 23.9 Å². The van der Waals surface area contributed by atoms with Crippen LogP contribution in [0.1, 0.15) is 5.69 Å². The summed E-state index contributed by atoms with van der Waals surface area (Å²) in [7, 11) is 1.79. The fourth-order valence-electron chi connectivity index (χ4n) is 1.80. The monoisotopic (exact) mass is 337 g/mol. The first-order chi connectivity index (χ1) is 9.51. The van der Waals surface area contributed by atoms with Gasteiger partial charge >= 0.3 is 0 Å². The Morgan fingerprint density at radius 2 is 2.15 bits per heavy atom. The summed E-state index contributed by atoms with van der Waals surface area (Å²) in [5.74, 6) is -0.600. The number of amides is 1. The number of carbonyl (C=O) groups is 1. The summed E-state index contributed by atoms with van der Waals surface area (Å²) in [5, 5.41) is 4.17. The van der Waals surface area contributed by atoms with Crippen molar-refractivity contribution in [3.63, 3.8) is 0 Å². The van der Waals surface area contributed by atoms with E-state index in [4.69, 9.17) is 0 Å². The van der Waals surface area contributed by atoms with Crippen molar-refractivity contribution < 1.29 is 9.18 Å². The predicted molar refractivity (Wildman–Crippen MR) is 78.7 cm³/mol. The lowest BCUT2D eigenvalue weighted by atomic mass is 10.2. The minimum absolute atomic E-state index is 0.256. The number of benzene rings is 1.